The maximum atomic E-state index is 11.8. The Hall–Kier alpha value is -1.63. The molecule has 1 aromatic heterocycles. The van der Waals surface area contributed by atoms with E-state index in [-0.39, 0.29) is 11.7 Å². The van der Waals surface area contributed by atoms with Crippen molar-refractivity contribution in [1.82, 2.24) is 9.88 Å². The zero-order valence-electron chi connectivity index (χ0n) is 10.6. The largest absolute Gasteiger partial charge is 0.477 e. The summed E-state index contributed by atoms with van der Waals surface area (Å²) in [6.45, 7) is 2.35. The first-order chi connectivity index (χ1) is 8.45. The molecule has 1 rings (SSSR count). The Morgan fingerprint density at radius 2 is 2.22 bits per heavy atom. The smallest absolute Gasteiger partial charge is 0.354 e. The minimum absolute atomic E-state index is 0.000818. The molecule has 0 radical (unpaired) electrons. The average molecular weight is 271 g/mol. The van der Waals surface area contributed by atoms with Crippen molar-refractivity contribution < 1.29 is 14.7 Å². The lowest BCUT2D eigenvalue weighted by Gasteiger charge is -2.17. The van der Waals surface area contributed by atoms with Gasteiger partial charge in [0.05, 0.1) is 5.69 Å². The van der Waals surface area contributed by atoms with Crippen molar-refractivity contribution in [3.63, 3.8) is 0 Å². The van der Waals surface area contributed by atoms with Gasteiger partial charge in [0.1, 0.15) is 5.69 Å². The number of carboxylic acid groups (broad SMARTS) is 1. The molecule has 3 N–H and O–H groups in total. The van der Waals surface area contributed by atoms with Crippen molar-refractivity contribution in [3.8, 4) is 0 Å². The summed E-state index contributed by atoms with van der Waals surface area (Å²) in [6, 6.07) is 1.29. The Kier molecular flexibility index (Phi) is 5.08. The number of carbonyl (C=O) groups excluding carboxylic acids is 1. The second-order valence-electron chi connectivity index (χ2n) is 3.89. The zero-order chi connectivity index (χ0) is 13.7. The van der Waals surface area contributed by atoms with Crippen LogP contribution in [0.25, 0.3) is 0 Å². The number of urea groups is 1. The van der Waals surface area contributed by atoms with Gasteiger partial charge < -0.3 is 20.3 Å². The summed E-state index contributed by atoms with van der Waals surface area (Å²) in [5.74, 6) is -0.257. The highest BCUT2D eigenvalue weighted by molar-refractivity contribution is 7.98. The summed E-state index contributed by atoms with van der Waals surface area (Å²) in [4.78, 5) is 27.0. The number of carboxylic acids is 1. The molecule has 0 atom stereocenters. The van der Waals surface area contributed by atoms with Gasteiger partial charge in [0, 0.05) is 25.0 Å². The molecular weight excluding hydrogens is 254 g/mol. The van der Waals surface area contributed by atoms with Crippen LogP contribution in [-0.2, 0) is 0 Å². The van der Waals surface area contributed by atoms with Crippen molar-refractivity contribution in [1.29, 1.82) is 0 Å². The molecular formula is C11H17N3O3S. The summed E-state index contributed by atoms with van der Waals surface area (Å²) in [5, 5.41) is 11.6. The van der Waals surface area contributed by atoms with Crippen molar-refractivity contribution in [2.24, 2.45) is 0 Å². The Balaban J connectivity index is 2.72. The Morgan fingerprint density at radius 3 is 2.78 bits per heavy atom. The first-order valence-corrected chi connectivity index (χ1v) is 6.79. The van der Waals surface area contributed by atoms with Crippen LogP contribution in [0.3, 0.4) is 0 Å². The van der Waals surface area contributed by atoms with Crippen molar-refractivity contribution >= 4 is 29.4 Å². The number of aromatic carboxylic acids is 1. The molecule has 0 fully saturated rings. The van der Waals surface area contributed by atoms with E-state index in [0.29, 0.717) is 17.9 Å². The van der Waals surface area contributed by atoms with Gasteiger partial charge in [-0.3, -0.25) is 0 Å². The molecule has 0 unspecified atom stereocenters. The highest BCUT2D eigenvalue weighted by Crippen LogP contribution is 2.17. The molecule has 1 heterocycles. The summed E-state index contributed by atoms with van der Waals surface area (Å²) in [6.07, 6.45) is 1.96. The predicted octanol–water partition coefficient (Wildman–Crippen LogP) is 1.85. The van der Waals surface area contributed by atoms with Crippen molar-refractivity contribution in [2.75, 3.05) is 30.9 Å². The number of rotatable bonds is 5. The van der Waals surface area contributed by atoms with Gasteiger partial charge in [-0.15, -0.1) is 0 Å². The molecule has 18 heavy (non-hydrogen) atoms. The number of hydrogen-bond acceptors (Lipinski definition) is 3. The van der Waals surface area contributed by atoms with Gasteiger partial charge in [-0.1, -0.05) is 0 Å². The third-order valence-electron chi connectivity index (χ3n) is 2.39. The van der Waals surface area contributed by atoms with E-state index in [1.165, 1.54) is 4.90 Å². The SMILES string of the molecule is CSCCN(C)C(=O)Nc1cc(C)[nH]c1C(=O)O. The standard InChI is InChI=1S/C11H17N3O3S/c1-7-6-8(9(12-7)10(15)16)13-11(17)14(2)4-5-18-3/h6,12H,4-5H2,1-3H3,(H,13,17)(H,15,16). The van der Waals surface area contributed by atoms with Gasteiger partial charge >= 0.3 is 12.0 Å². The van der Waals surface area contributed by atoms with Crippen molar-refractivity contribution in [2.45, 2.75) is 6.92 Å². The lowest BCUT2D eigenvalue weighted by atomic mass is 10.3. The second kappa shape index (κ2) is 6.34. The summed E-state index contributed by atoms with van der Waals surface area (Å²) in [5.41, 5.74) is 0.981. The molecule has 0 aromatic carbocycles. The highest BCUT2D eigenvalue weighted by atomic mass is 32.2. The number of hydrogen-bond donors (Lipinski definition) is 3. The fraction of sp³-hybridized carbons (Fsp3) is 0.455. The average Bonchev–Trinajstić information content (AvgIpc) is 2.67. The molecule has 6 nitrogen and oxygen atoms in total. The Labute approximate surface area is 110 Å². The van der Waals surface area contributed by atoms with Crippen LogP contribution in [0.5, 0.6) is 0 Å². The van der Waals surface area contributed by atoms with E-state index in [1.54, 1.807) is 31.8 Å². The highest BCUT2D eigenvalue weighted by Gasteiger charge is 2.16. The van der Waals surface area contributed by atoms with Gasteiger partial charge in [0.2, 0.25) is 0 Å². The Morgan fingerprint density at radius 1 is 1.56 bits per heavy atom. The molecule has 0 aliphatic heterocycles. The summed E-state index contributed by atoms with van der Waals surface area (Å²) < 4.78 is 0. The summed E-state index contributed by atoms with van der Waals surface area (Å²) in [7, 11) is 1.67. The maximum absolute atomic E-state index is 11.8. The fourth-order valence-electron chi connectivity index (χ4n) is 1.40. The van der Waals surface area contributed by atoms with E-state index in [4.69, 9.17) is 5.11 Å². The van der Waals surface area contributed by atoms with Crippen LogP contribution in [0.15, 0.2) is 6.07 Å². The minimum atomic E-state index is -1.09. The molecule has 7 heteroatoms. The number of H-pyrrole nitrogens is 1. The van der Waals surface area contributed by atoms with Gasteiger partial charge in [0.25, 0.3) is 0 Å². The van der Waals surface area contributed by atoms with E-state index in [1.807, 2.05) is 6.26 Å². The van der Waals surface area contributed by atoms with Crippen LogP contribution in [0.2, 0.25) is 0 Å². The summed E-state index contributed by atoms with van der Waals surface area (Å²) >= 11 is 1.64. The molecule has 0 aliphatic carbocycles. The minimum Gasteiger partial charge on any atom is -0.477 e. The molecule has 0 aliphatic rings. The lowest BCUT2D eigenvalue weighted by Crippen LogP contribution is -2.33. The molecule has 100 valence electrons. The number of carbonyl (C=O) groups is 2. The van der Waals surface area contributed by atoms with Gasteiger partial charge in [-0.25, -0.2) is 9.59 Å². The first kappa shape index (κ1) is 14.4. The third-order valence-corrected chi connectivity index (χ3v) is 2.98. The maximum Gasteiger partial charge on any atom is 0.354 e. The van der Waals surface area contributed by atoms with Gasteiger partial charge in [-0.05, 0) is 19.2 Å². The van der Waals surface area contributed by atoms with E-state index in [2.05, 4.69) is 10.3 Å². The van der Waals surface area contributed by atoms with Gasteiger partial charge in [-0.2, -0.15) is 11.8 Å². The quantitative estimate of drug-likeness (QED) is 0.763. The van der Waals surface area contributed by atoms with Crippen LogP contribution in [-0.4, -0.2) is 52.6 Å². The first-order valence-electron chi connectivity index (χ1n) is 5.39. The topological polar surface area (TPSA) is 85.4 Å². The second-order valence-corrected chi connectivity index (χ2v) is 4.88. The number of aromatic nitrogens is 1. The van der Waals surface area contributed by atoms with Gasteiger partial charge in [0.15, 0.2) is 0 Å². The Bertz CT molecular complexity index is 445. The third kappa shape index (κ3) is 3.69. The number of amides is 2. The van der Waals surface area contributed by atoms with Crippen LogP contribution in [0.1, 0.15) is 16.2 Å². The zero-order valence-corrected chi connectivity index (χ0v) is 11.4. The molecule has 1 aromatic rings. The monoisotopic (exact) mass is 271 g/mol. The van der Waals surface area contributed by atoms with E-state index >= 15 is 0 Å². The predicted molar refractivity (Wildman–Crippen MR) is 72.5 cm³/mol. The molecule has 0 spiro atoms. The van der Waals surface area contributed by atoms with E-state index in [9.17, 15) is 9.59 Å². The van der Waals surface area contributed by atoms with E-state index < -0.39 is 5.97 Å². The normalized spacial score (nSPS) is 10.2. The van der Waals surface area contributed by atoms with Crippen LogP contribution >= 0.6 is 11.8 Å². The molecule has 0 saturated heterocycles. The number of aryl methyl sites for hydroxylation is 1. The van der Waals surface area contributed by atoms with Crippen molar-refractivity contribution in [3.05, 3.63) is 17.5 Å². The van der Waals surface area contributed by atoms with Crippen LogP contribution in [0, 0.1) is 6.92 Å². The molecule has 0 bridgehead atoms. The van der Waals surface area contributed by atoms with Crippen LogP contribution < -0.4 is 5.32 Å². The molecule has 0 saturated carbocycles. The number of anilines is 1. The van der Waals surface area contributed by atoms with Crippen LogP contribution in [0.4, 0.5) is 10.5 Å². The number of aromatic amines is 1. The number of nitrogens with zero attached hydrogens (tertiary/aromatic N) is 1. The number of nitrogens with one attached hydrogen (secondary N) is 2. The fourth-order valence-corrected chi connectivity index (χ4v) is 1.85. The molecule has 2 amide bonds. The van der Waals surface area contributed by atoms with E-state index in [0.717, 1.165) is 5.75 Å². The lowest BCUT2D eigenvalue weighted by molar-refractivity contribution is 0.0692. The number of thioether (sulfide) groups is 1.